The Morgan fingerprint density at radius 2 is 1.97 bits per heavy atom. The summed E-state index contributed by atoms with van der Waals surface area (Å²) in [6.45, 7) is 1.77. The van der Waals surface area contributed by atoms with Gasteiger partial charge in [0.25, 0.3) is 0 Å². The lowest BCUT2D eigenvalue weighted by Crippen LogP contribution is -2.45. The van der Waals surface area contributed by atoms with Crippen molar-refractivity contribution in [1.82, 2.24) is 20.2 Å². The van der Waals surface area contributed by atoms with Crippen LogP contribution in [0.3, 0.4) is 0 Å². The third kappa shape index (κ3) is 3.73. The van der Waals surface area contributed by atoms with Gasteiger partial charge in [0, 0.05) is 37.3 Å². The SMILES string of the molecule is CNc1nccc(Sc2cnc(N3CCC4(CC3)Cc3ccccc3[C@H]4N)nn2)c1Cl. The number of nitrogens with zero attached hydrogens (tertiary/aromatic N) is 5. The van der Waals surface area contributed by atoms with Crippen LogP contribution in [0.5, 0.6) is 0 Å². The zero-order chi connectivity index (χ0) is 21.4. The molecule has 2 aromatic heterocycles. The van der Waals surface area contributed by atoms with Crippen LogP contribution in [0.15, 0.2) is 52.6 Å². The van der Waals surface area contributed by atoms with E-state index in [0.717, 1.165) is 37.2 Å². The predicted molar refractivity (Wildman–Crippen MR) is 124 cm³/mol. The van der Waals surface area contributed by atoms with Gasteiger partial charge in [-0.3, -0.25) is 0 Å². The Hall–Kier alpha value is -2.42. The first kappa shape index (κ1) is 20.5. The quantitative estimate of drug-likeness (QED) is 0.613. The van der Waals surface area contributed by atoms with Gasteiger partial charge in [0.15, 0.2) is 0 Å². The Morgan fingerprint density at radius 3 is 2.68 bits per heavy atom. The predicted octanol–water partition coefficient (Wildman–Crippen LogP) is 3.96. The van der Waals surface area contributed by atoms with E-state index in [1.807, 2.05) is 6.07 Å². The lowest BCUT2D eigenvalue weighted by atomic mass is 9.73. The first-order valence-electron chi connectivity index (χ1n) is 10.4. The Kier molecular flexibility index (Phi) is 5.45. The Morgan fingerprint density at radius 1 is 1.16 bits per heavy atom. The van der Waals surface area contributed by atoms with Gasteiger partial charge in [-0.2, -0.15) is 0 Å². The van der Waals surface area contributed by atoms with Crippen LogP contribution in [0.2, 0.25) is 5.02 Å². The monoisotopic (exact) mass is 453 g/mol. The van der Waals surface area contributed by atoms with Gasteiger partial charge < -0.3 is 16.0 Å². The van der Waals surface area contributed by atoms with Crippen molar-refractivity contribution < 1.29 is 0 Å². The molecule has 1 saturated heterocycles. The molecule has 1 aliphatic heterocycles. The molecule has 1 atom stereocenters. The highest BCUT2D eigenvalue weighted by Crippen LogP contribution is 2.50. The molecule has 5 rings (SSSR count). The van der Waals surface area contributed by atoms with E-state index in [4.69, 9.17) is 17.3 Å². The molecule has 0 amide bonds. The van der Waals surface area contributed by atoms with Crippen molar-refractivity contribution in [3.8, 4) is 0 Å². The fourth-order valence-corrected chi connectivity index (χ4v) is 5.75. The molecule has 7 nitrogen and oxygen atoms in total. The molecule has 1 aromatic carbocycles. The number of piperidine rings is 1. The van der Waals surface area contributed by atoms with E-state index in [9.17, 15) is 0 Å². The zero-order valence-electron chi connectivity index (χ0n) is 17.3. The van der Waals surface area contributed by atoms with Crippen molar-refractivity contribution in [3.63, 3.8) is 0 Å². The third-order valence-electron chi connectivity index (χ3n) is 6.47. The standard InChI is InChI=1S/C22H24ClN7S/c1-25-20-18(23)16(6-9-26-20)31-17-13-27-21(29-28-17)30-10-7-22(8-11-30)12-14-4-2-3-5-15(14)19(22)24/h2-6,9,13,19H,7-8,10-12,24H2,1H3,(H,25,26)/t19-/m1/s1. The molecule has 1 spiro atoms. The zero-order valence-corrected chi connectivity index (χ0v) is 18.8. The van der Waals surface area contributed by atoms with Crippen molar-refractivity contribution in [1.29, 1.82) is 0 Å². The summed E-state index contributed by atoms with van der Waals surface area (Å²) in [5.74, 6) is 1.30. The van der Waals surface area contributed by atoms with Crippen LogP contribution < -0.4 is 16.0 Å². The average Bonchev–Trinajstić information content (AvgIpc) is 3.08. The number of fused-ring (bicyclic) bond motifs is 1. The van der Waals surface area contributed by atoms with Crippen molar-refractivity contribution in [2.24, 2.45) is 11.1 Å². The molecular formula is C22H24ClN7S. The minimum Gasteiger partial charge on any atom is -0.372 e. The number of pyridine rings is 1. The van der Waals surface area contributed by atoms with Crippen LogP contribution >= 0.6 is 23.4 Å². The van der Waals surface area contributed by atoms with Gasteiger partial charge in [0.1, 0.15) is 10.8 Å². The maximum absolute atomic E-state index is 6.68. The Balaban J connectivity index is 1.25. The first-order chi connectivity index (χ1) is 15.1. The minimum absolute atomic E-state index is 0.108. The molecule has 0 radical (unpaired) electrons. The first-order valence-corrected chi connectivity index (χ1v) is 11.6. The summed E-state index contributed by atoms with van der Waals surface area (Å²) in [6, 6.07) is 10.6. The van der Waals surface area contributed by atoms with E-state index in [-0.39, 0.29) is 11.5 Å². The number of halogens is 1. The largest absolute Gasteiger partial charge is 0.372 e. The van der Waals surface area contributed by atoms with E-state index in [0.29, 0.717) is 21.8 Å². The average molecular weight is 454 g/mol. The van der Waals surface area contributed by atoms with Crippen LogP contribution in [-0.2, 0) is 6.42 Å². The summed E-state index contributed by atoms with van der Waals surface area (Å²) in [4.78, 5) is 11.8. The van der Waals surface area contributed by atoms with E-state index < -0.39 is 0 Å². The highest BCUT2D eigenvalue weighted by molar-refractivity contribution is 7.99. The number of hydrogen-bond acceptors (Lipinski definition) is 8. The summed E-state index contributed by atoms with van der Waals surface area (Å²) < 4.78 is 0. The van der Waals surface area contributed by atoms with Crippen molar-refractivity contribution in [2.75, 3.05) is 30.4 Å². The number of anilines is 2. The molecule has 160 valence electrons. The molecule has 0 bridgehead atoms. The Bertz CT molecular complexity index is 1080. The van der Waals surface area contributed by atoms with Gasteiger partial charge in [0.05, 0.1) is 11.2 Å². The van der Waals surface area contributed by atoms with Crippen LogP contribution in [-0.4, -0.2) is 40.3 Å². The molecule has 0 unspecified atom stereocenters. The van der Waals surface area contributed by atoms with Crippen molar-refractivity contribution >= 4 is 35.1 Å². The number of aromatic nitrogens is 4. The molecule has 3 heterocycles. The molecule has 9 heteroatoms. The minimum atomic E-state index is 0.108. The van der Waals surface area contributed by atoms with Gasteiger partial charge in [-0.15, -0.1) is 10.2 Å². The van der Waals surface area contributed by atoms with Gasteiger partial charge in [-0.05, 0) is 41.9 Å². The van der Waals surface area contributed by atoms with Crippen LogP contribution in [0.25, 0.3) is 0 Å². The lowest BCUT2D eigenvalue weighted by molar-refractivity contribution is 0.186. The number of rotatable bonds is 4. The fourth-order valence-electron chi connectivity index (χ4n) is 4.70. The summed E-state index contributed by atoms with van der Waals surface area (Å²) in [6.07, 6.45) is 6.59. The van der Waals surface area contributed by atoms with Gasteiger partial charge in [0.2, 0.25) is 5.95 Å². The second-order valence-electron chi connectivity index (χ2n) is 8.12. The normalized spacial score (nSPS) is 19.5. The Labute approximate surface area is 190 Å². The molecule has 3 aromatic rings. The summed E-state index contributed by atoms with van der Waals surface area (Å²) >= 11 is 7.81. The molecule has 0 saturated carbocycles. The smallest absolute Gasteiger partial charge is 0.245 e. The number of nitrogens with one attached hydrogen (secondary N) is 1. The maximum atomic E-state index is 6.68. The highest BCUT2D eigenvalue weighted by Gasteiger charge is 2.46. The highest BCUT2D eigenvalue weighted by atomic mass is 35.5. The van der Waals surface area contributed by atoms with Crippen molar-refractivity contribution in [2.45, 2.75) is 35.2 Å². The summed E-state index contributed by atoms with van der Waals surface area (Å²) in [5, 5.41) is 13.0. The molecule has 1 fully saturated rings. The van der Waals surface area contributed by atoms with Gasteiger partial charge in [-0.25, -0.2) is 9.97 Å². The molecule has 3 N–H and O–H groups in total. The molecular weight excluding hydrogens is 430 g/mol. The second kappa shape index (κ2) is 8.26. The number of nitrogens with two attached hydrogens (primary N) is 1. The third-order valence-corrected chi connectivity index (χ3v) is 7.92. The van der Waals surface area contributed by atoms with Gasteiger partial charge in [-0.1, -0.05) is 47.6 Å². The second-order valence-corrected chi connectivity index (χ2v) is 9.56. The fraction of sp³-hybridized carbons (Fsp3) is 0.364. The van der Waals surface area contributed by atoms with E-state index in [2.05, 4.69) is 54.6 Å². The lowest BCUT2D eigenvalue weighted by Gasteiger charge is -2.42. The topological polar surface area (TPSA) is 92.9 Å². The maximum Gasteiger partial charge on any atom is 0.245 e. The van der Waals surface area contributed by atoms with E-state index in [1.165, 1.54) is 22.9 Å². The number of hydrogen-bond donors (Lipinski definition) is 2. The molecule has 1 aliphatic carbocycles. The van der Waals surface area contributed by atoms with Gasteiger partial charge >= 0.3 is 0 Å². The van der Waals surface area contributed by atoms with Crippen molar-refractivity contribution in [3.05, 3.63) is 58.9 Å². The van der Waals surface area contributed by atoms with E-state index in [1.54, 1.807) is 19.4 Å². The van der Waals surface area contributed by atoms with Crippen LogP contribution in [0, 0.1) is 5.41 Å². The number of benzene rings is 1. The molecule has 31 heavy (non-hydrogen) atoms. The van der Waals surface area contributed by atoms with Crippen LogP contribution in [0.1, 0.15) is 30.0 Å². The van der Waals surface area contributed by atoms with E-state index >= 15 is 0 Å². The van der Waals surface area contributed by atoms with Crippen LogP contribution in [0.4, 0.5) is 11.8 Å². The molecule has 2 aliphatic rings. The summed E-state index contributed by atoms with van der Waals surface area (Å²) in [7, 11) is 1.79. The summed E-state index contributed by atoms with van der Waals surface area (Å²) in [5.41, 5.74) is 9.54.